The van der Waals surface area contributed by atoms with Crippen molar-refractivity contribution in [3.63, 3.8) is 0 Å². The predicted molar refractivity (Wildman–Crippen MR) is 146 cm³/mol. The molecule has 0 unspecified atom stereocenters. The third-order valence-corrected chi connectivity index (χ3v) is 8.28. The normalized spacial score (nSPS) is 11.2. The number of anilines is 2. The van der Waals surface area contributed by atoms with Crippen molar-refractivity contribution in [3.8, 4) is 0 Å². The number of fused-ring (bicyclic) bond motifs is 2. The number of benzene rings is 2. The molecule has 0 saturated heterocycles. The average Bonchev–Trinajstić information content (AvgIpc) is 3.40. The molecule has 0 saturated carbocycles. The molecule has 0 radical (unpaired) electrons. The van der Waals surface area contributed by atoms with Crippen LogP contribution >= 0.6 is 34.3 Å². The van der Waals surface area contributed by atoms with E-state index in [0.717, 1.165) is 32.7 Å². The van der Waals surface area contributed by atoms with E-state index >= 15 is 0 Å². The molecule has 0 bridgehead atoms. The zero-order valence-electron chi connectivity index (χ0n) is 19.5. The lowest BCUT2D eigenvalue weighted by Gasteiger charge is -2.08. The number of nitrogens with zero attached hydrogens (tertiary/aromatic N) is 3. The summed E-state index contributed by atoms with van der Waals surface area (Å²) in [5.41, 5.74) is 3.44. The highest BCUT2D eigenvalue weighted by Gasteiger charge is 2.21. The van der Waals surface area contributed by atoms with Gasteiger partial charge in [0, 0.05) is 10.7 Å². The van der Waals surface area contributed by atoms with E-state index in [1.54, 1.807) is 25.1 Å². The van der Waals surface area contributed by atoms with Gasteiger partial charge in [0.2, 0.25) is 5.91 Å². The molecule has 5 aromatic rings. The van der Waals surface area contributed by atoms with Crippen LogP contribution in [0.4, 0.5) is 10.8 Å². The number of aryl methyl sites for hydroxylation is 3. The molecule has 5 rings (SSSR count). The summed E-state index contributed by atoms with van der Waals surface area (Å²) >= 11 is 8.64. The molecule has 2 N–H and O–H groups in total. The van der Waals surface area contributed by atoms with Crippen LogP contribution in [-0.2, 0) is 11.3 Å². The van der Waals surface area contributed by atoms with Gasteiger partial charge in [-0.1, -0.05) is 41.1 Å². The van der Waals surface area contributed by atoms with Gasteiger partial charge >= 0.3 is 0 Å². The van der Waals surface area contributed by atoms with E-state index in [0.29, 0.717) is 36.5 Å². The highest BCUT2D eigenvalue weighted by atomic mass is 35.5. The standard InChI is InChI=1S/C25H20ClN5O3S2/c1-12-7-8-15(9-16(12)26)28-18(32)10-31-11-27-23-19(24(31)34)14(3)21(36-23)22(33)30-25-29-20-13(2)5-4-6-17(20)35-25/h4-9,11H,10H2,1-3H3,(H,28,32)(H,29,30,33). The number of nitrogens with one attached hydrogen (secondary N) is 2. The number of hydrogen-bond acceptors (Lipinski definition) is 7. The van der Waals surface area contributed by atoms with E-state index in [1.807, 2.05) is 32.0 Å². The number of para-hydroxylation sites is 1. The lowest BCUT2D eigenvalue weighted by molar-refractivity contribution is -0.116. The zero-order chi connectivity index (χ0) is 25.6. The number of carbonyl (C=O) groups is 2. The van der Waals surface area contributed by atoms with Crippen LogP contribution in [0.5, 0.6) is 0 Å². The molecular weight excluding hydrogens is 518 g/mol. The summed E-state index contributed by atoms with van der Waals surface area (Å²) in [6, 6.07) is 11.1. The van der Waals surface area contributed by atoms with E-state index in [2.05, 4.69) is 20.6 Å². The fourth-order valence-corrected chi connectivity index (χ4v) is 5.96. The van der Waals surface area contributed by atoms with Crippen molar-refractivity contribution < 1.29 is 9.59 Å². The van der Waals surface area contributed by atoms with Crippen LogP contribution in [0, 0.1) is 20.8 Å². The molecule has 3 aromatic heterocycles. The van der Waals surface area contributed by atoms with Crippen molar-refractivity contribution in [2.75, 3.05) is 10.6 Å². The number of amides is 2. The van der Waals surface area contributed by atoms with Gasteiger partial charge in [-0.2, -0.15) is 0 Å². The van der Waals surface area contributed by atoms with Crippen molar-refractivity contribution in [1.29, 1.82) is 0 Å². The van der Waals surface area contributed by atoms with Gasteiger partial charge in [-0.3, -0.25) is 24.3 Å². The quantitative estimate of drug-likeness (QED) is 0.306. The predicted octanol–water partition coefficient (Wildman–Crippen LogP) is 5.54. The maximum Gasteiger partial charge on any atom is 0.267 e. The lowest BCUT2D eigenvalue weighted by atomic mass is 10.2. The Kier molecular flexibility index (Phi) is 6.33. The highest BCUT2D eigenvalue weighted by Crippen LogP contribution is 2.31. The van der Waals surface area contributed by atoms with Crippen LogP contribution in [0.2, 0.25) is 5.02 Å². The maximum atomic E-state index is 13.2. The first-order chi connectivity index (χ1) is 17.2. The SMILES string of the molecule is Cc1ccc(NC(=O)Cn2cnc3sc(C(=O)Nc4nc5c(C)cccc5s4)c(C)c3c2=O)cc1Cl. The smallest absolute Gasteiger partial charge is 0.267 e. The molecule has 2 amide bonds. The number of carbonyl (C=O) groups excluding carboxylic acids is 2. The molecule has 3 heterocycles. The monoisotopic (exact) mass is 537 g/mol. The Hall–Kier alpha value is -3.60. The Balaban J connectivity index is 1.38. The van der Waals surface area contributed by atoms with Crippen molar-refractivity contribution in [3.05, 3.63) is 79.7 Å². The topological polar surface area (TPSA) is 106 Å². The average molecular weight is 538 g/mol. The molecule has 182 valence electrons. The number of aromatic nitrogens is 3. The number of thiazole rings is 1. The second-order valence-corrected chi connectivity index (χ2v) is 10.8. The first-order valence-electron chi connectivity index (χ1n) is 10.9. The van der Waals surface area contributed by atoms with Crippen molar-refractivity contribution in [2.24, 2.45) is 0 Å². The fraction of sp³-hybridized carbons (Fsp3) is 0.160. The largest absolute Gasteiger partial charge is 0.324 e. The van der Waals surface area contributed by atoms with Crippen LogP contribution in [-0.4, -0.2) is 26.3 Å². The van der Waals surface area contributed by atoms with Gasteiger partial charge in [0.1, 0.15) is 11.4 Å². The first-order valence-corrected chi connectivity index (χ1v) is 12.9. The molecule has 36 heavy (non-hydrogen) atoms. The summed E-state index contributed by atoms with van der Waals surface area (Å²) in [6.45, 7) is 5.32. The van der Waals surface area contributed by atoms with Crippen LogP contribution in [0.15, 0.2) is 47.5 Å². The molecule has 0 aliphatic carbocycles. The first kappa shape index (κ1) is 24.1. The van der Waals surface area contributed by atoms with Crippen LogP contribution in [0.3, 0.4) is 0 Å². The van der Waals surface area contributed by atoms with E-state index in [4.69, 9.17) is 11.6 Å². The lowest BCUT2D eigenvalue weighted by Crippen LogP contribution is -2.28. The third kappa shape index (κ3) is 4.50. The Morgan fingerprint density at radius 3 is 2.61 bits per heavy atom. The van der Waals surface area contributed by atoms with Gasteiger partial charge in [0.25, 0.3) is 11.5 Å². The minimum atomic E-state index is -0.393. The Bertz CT molecular complexity index is 1740. The molecule has 0 fully saturated rings. The highest BCUT2D eigenvalue weighted by molar-refractivity contribution is 7.23. The Labute approximate surface area is 218 Å². The molecule has 0 spiro atoms. The minimum absolute atomic E-state index is 0.227. The minimum Gasteiger partial charge on any atom is -0.324 e. The molecular formula is C25H20ClN5O3S2. The van der Waals surface area contributed by atoms with E-state index < -0.39 is 5.91 Å². The Morgan fingerprint density at radius 1 is 1.06 bits per heavy atom. The number of thiophene rings is 1. The van der Waals surface area contributed by atoms with Crippen molar-refractivity contribution >= 4 is 77.3 Å². The summed E-state index contributed by atoms with van der Waals surface area (Å²) in [5.74, 6) is -0.748. The van der Waals surface area contributed by atoms with Gasteiger partial charge < -0.3 is 5.32 Å². The fourth-order valence-electron chi connectivity index (χ4n) is 3.81. The molecule has 0 aliphatic heterocycles. The summed E-state index contributed by atoms with van der Waals surface area (Å²) in [7, 11) is 0. The van der Waals surface area contributed by atoms with Gasteiger partial charge in [-0.25, -0.2) is 9.97 Å². The number of rotatable bonds is 5. The van der Waals surface area contributed by atoms with Gasteiger partial charge in [0.05, 0.1) is 26.8 Å². The molecule has 11 heteroatoms. The maximum absolute atomic E-state index is 13.2. The van der Waals surface area contributed by atoms with Crippen molar-refractivity contribution in [1.82, 2.24) is 14.5 Å². The van der Waals surface area contributed by atoms with Crippen LogP contribution in [0.1, 0.15) is 26.4 Å². The Morgan fingerprint density at radius 2 is 1.86 bits per heavy atom. The molecule has 0 aliphatic rings. The van der Waals surface area contributed by atoms with Crippen LogP contribution < -0.4 is 16.2 Å². The van der Waals surface area contributed by atoms with Crippen LogP contribution in [0.25, 0.3) is 20.4 Å². The van der Waals surface area contributed by atoms with Gasteiger partial charge in [-0.15, -0.1) is 11.3 Å². The third-order valence-electron chi connectivity index (χ3n) is 5.73. The second-order valence-electron chi connectivity index (χ2n) is 8.32. The molecule has 2 aromatic carbocycles. The molecule has 0 atom stereocenters. The van der Waals surface area contributed by atoms with Crippen molar-refractivity contribution in [2.45, 2.75) is 27.3 Å². The zero-order valence-corrected chi connectivity index (χ0v) is 21.9. The van der Waals surface area contributed by atoms with Gasteiger partial charge in [-0.05, 0) is 55.7 Å². The van der Waals surface area contributed by atoms with E-state index in [1.165, 1.54) is 22.2 Å². The second kappa shape index (κ2) is 9.45. The molecule has 8 nitrogen and oxygen atoms in total. The number of hydrogen-bond donors (Lipinski definition) is 2. The number of halogens is 1. The summed E-state index contributed by atoms with van der Waals surface area (Å²) in [6.07, 6.45) is 1.32. The van der Waals surface area contributed by atoms with E-state index in [-0.39, 0.29) is 18.0 Å². The van der Waals surface area contributed by atoms with E-state index in [9.17, 15) is 14.4 Å². The summed E-state index contributed by atoms with van der Waals surface area (Å²) in [5, 5.41) is 6.92. The summed E-state index contributed by atoms with van der Waals surface area (Å²) < 4.78 is 2.21. The summed E-state index contributed by atoms with van der Waals surface area (Å²) in [4.78, 5) is 48.4. The van der Waals surface area contributed by atoms with Gasteiger partial charge in [0.15, 0.2) is 5.13 Å².